The predicted molar refractivity (Wildman–Crippen MR) is 74.5 cm³/mol. The summed E-state index contributed by atoms with van der Waals surface area (Å²) in [5, 5.41) is 2.16. The van der Waals surface area contributed by atoms with E-state index in [2.05, 4.69) is 5.32 Å². The summed E-state index contributed by atoms with van der Waals surface area (Å²) in [5.74, 6) is -0.641. The number of likely N-dealkylation sites (N-methyl/N-ethyl adjacent to an activating group) is 1. The van der Waals surface area contributed by atoms with Crippen LogP contribution in [-0.4, -0.2) is 55.3 Å². The zero-order valence-corrected chi connectivity index (χ0v) is 12.0. The van der Waals surface area contributed by atoms with Crippen molar-refractivity contribution in [2.45, 2.75) is 6.18 Å². The highest BCUT2D eigenvalue weighted by Gasteiger charge is 2.36. The standard InChI is InChI=1S/C14H16F3N3O2/c1-19-4-6-20(7-5-19)13(22)11-3-2-10(18-9-21)8-12(11)14(15,16)17/h2-3,8-9H,4-7H2,1H3,(H,18,21). The molecule has 0 bridgehead atoms. The number of halogens is 3. The molecule has 1 aliphatic heterocycles. The first kappa shape index (κ1) is 16.3. The molecule has 0 aliphatic carbocycles. The molecule has 0 spiro atoms. The highest BCUT2D eigenvalue weighted by atomic mass is 19.4. The van der Waals surface area contributed by atoms with E-state index >= 15 is 0 Å². The van der Waals surface area contributed by atoms with Gasteiger partial charge in [-0.2, -0.15) is 13.2 Å². The Labute approximate surface area is 125 Å². The zero-order chi connectivity index (χ0) is 16.3. The molecule has 2 amide bonds. The number of nitrogens with one attached hydrogen (secondary N) is 1. The SMILES string of the molecule is CN1CCN(C(=O)c2ccc(NC=O)cc2C(F)(F)F)CC1. The molecule has 120 valence electrons. The number of anilines is 1. The number of carbonyl (C=O) groups is 2. The second-order valence-corrected chi connectivity index (χ2v) is 5.12. The van der Waals surface area contributed by atoms with Crippen molar-refractivity contribution in [2.24, 2.45) is 0 Å². The molecule has 0 atom stereocenters. The van der Waals surface area contributed by atoms with Crippen molar-refractivity contribution >= 4 is 18.0 Å². The Bertz CT molecular complexity index is 567. The van der Waals surface area contributed by atoms with Gasteiger partial charge < -0.3 is 15.1 Å². The van der Waals surface area contributed by atoms with Crippen LogP contribution < -0.4 is 5.32 Å². The van der Waals surface area contributed by atoms with Crippen molar-refractivity contribution in [1.82, 2.24) is 9.80 Å². The van der Waals surface area contributed by atoms with E-state index in [1.807, 2.05) is 11.9 Å². The molecule has 1 fully saturated rings. The van der Waals surface area contributed by atoms with Crippen molar-refractivity contribution < 1.29 is 22.8 Å². The van der Waals surface area contributed by atoms with Crippen molar-refractivity contribution in [2.75, 3.05) is 38.5 Å². The Kier molecular flexibility index (Phi) is 4.70. The lowest BCUT2D eigenvalue weighted by atomic mass is 10.0. The molecule has 1 N–H and O–H groups in total. The van der Waals surface area contributed by atoms with E-state index in [9.17, 15) is 22.8 Å². The van der Waals surface area contributed by atoms with Crippen LogP contribution in [0.25, 0.3) is 0 Å². The van der Waals surface area contributed by atoms with Crippen LogP contribution in [0.1, 0.15) is 15.9 Å². The van der Waals surface area contributed by atoms with Crippen LogP contribution >= 0.6 is 0 Å². The van der Waals surface area contributed by atoms with E-state index in [0.717, 1.165) is 12.1 Å². The second-order valence-electron chi connectivity index (χ2n) is 5.12. The molecule has 8 heteroatoms. The van der Waals surface area contributed by atoms with Gasteiger partial charge in [-0.3, -0.25) is 9.59 Å². The minimum atomic E-state index is -4.67. The molecule has 5 nitrogen and oxygen atoms in total. The number of hydrogen-bond acceptors (Lipinski definition) is 3. The third-order valence-electron chi connectivity index (χ3n) is 3.57. The van der Waals surface area contributed by atoms with E-state index in [1.165, 1.54) is 11.0 Å². The summed E-state index contributed by atoms with van der Waals surface area (Å²) in [6, 6.07) is 3.17. The lowest BCUT2D eigenvalue weighted by Crippen LogP contribution is -2.47. The van der Waals surface area contributed by atoms with Gasteiger partial charge in [0.15, 0.2) is 0 Å². The van der Waals surface area contributed by atoms with Crippen LogP contribution in [0.2, 0.25) is 0 Å². The number of hydrogen-bond donors (Lipinski definition) is 1. The minimum absolute atomic E-state index is 0.00254. The fourth-order valence-electron chi connectivity index (χ4n) is 2.30. The molecule has 1 heterocycles. The maximum absolute atomic E-state index is 13.2. The van der Waals surface area contributed by atoms with Gasteiger partial charge in [-0.25, -0.2) is 0 Å². The lowest BCUT2D eigenvalue weighted by molar-refractivity contribution is -0.138. The first-order valence-electron chi connectivity index (χ1n) is 6.72. The van der Waals surface area contributed by atoms with Gasteiger partial charge in [0.05, 0.1) is 11.1 Å². The fourth-order valence-corrected chi connectivity index (χ4v) is 2.30. The predicted octanol–water partition coefficient (Wildman–Crippen LogP) is 1.66. The maximum atomic E-state index is 13.2. The normalized spacial score (nSPS) is 16.5. The molecule has 1 aromatic rings. The van der Waals surface area contributed by atoms with Crippen LogP contribution in [0.15, 0.2) is 18.2 Å². The molecule has 0 unspecified atom stereocenters. The quantitative estimate of drug-likeness (QED) is 0.863. The number of piperazine rings is 1. The van der Waals surface area contributed by atoms with Gasteiger partial charge in [-0.05, 0) is 25.2 Å². The molecule has 0 aromatic heterocycles. The highest BCUT2D eigenvalue weighted by Crippen LogP contribution is 2.34. The summed E-state index contributed by atoms with van der Waals surface area (Å²) in [4.78, 5) is 26.1. The van der Waals surface area contributed by atoms with Crippen LogP contribution in [0.3, 0.4) is 0 Å². The topological polar surface area (TPSA) is 52.6 Å². The van der Waals surface area contributed by atoms with Gasteiger partial charge in [0.1, 0.15) is 0 Å². The number of amides is 2. The third-order valence-corrected chi connectivity index (χ3v) is 3.57. The number of alkyl halides is 3. The van der Waals surface area contributed by atoms with Gasteiger partial charge in [-0.15, -0.1) is 0 Å². The Hall–Kier alpha value is -2.09. The summed E-state index contributed by atoms with van der Waals surface area (Å²) >= 11 is 0. The van der Waals surface area contributed by atoms with E-state index in [0.29, 0.717) is 26.2 Å². The van der Waals surface area contributed by atoms with Crippen LogP contribution in [-0.2, 0) is 11.0 Å². The molecule has 1 aliphatic rings. The zero-order valence-electron chi connectivity index (χ0n) is 12.0. The Morgan fingerprint density at radius 3 is 2.41 bits per heavy atom. The molecule has 2 rings (SSSR count). The molecular weight excluding hydrogens is 299 g/mol. The number of benzene rings is 1. The molecule has 22 heavy (non-hydrogen) atoms. The minimum Gasteiger partial charge on any atom is -0.336 e. The Morgan fingerprint density at radius 2 is 1.86 bits per heavy atom. The molecular formula is C14H16F3N3O2. The number of rotatable bonds is 3. The van der Waals surface area contributed by atoms with E-state index in [1.54, 1.807) is 0 Å². The number of carbonyl (C=O) groups excluding carboxylic acids is 2. The van der Waals surface area contributed by atoms with Crippen LogP contribution in [0, 0.1) is 0 Å². The average Bonchev–Trinajstić information content (AvgIpc) is 2.47. The summed E-state index contributed by atoms with van der Waals surface area (Å²) < 4.78 is 39.5. The smallest absolute Gasteiger partial charge is 0.336 e. The number of nitrogens with zero attached hydrogens (tertiary/aromatic N) is 2. The summed E-state index contributed by atoms with van der Waals surface area (Å²) in [5.41, 5.74) is -1.44. The van der Waals surface area contributed by atoms with E-state index < -0.39 is 23.2 Å². The largest absolute Gasteiger partial charge is 0.417 e. The van der Waals surface area contributed by atoms with Gasteiger partial charge >= 0.3 is 6.18 Å². The van der Waals surface area contributed by atoms with Crippen LogP contribution in [0.4, 0.5) is 18.9 Å². The Balaban J connectivity index is 2.32. The van der Waals surface area contributed by atoms with E-state index in [4.69, 9.17) is 0 Å². The summed E-state index contributed by atoms with van der Waals surface area (Å²) in [7, 11) is 1.89. The molecule has 0 radical (unpaired) electrons. The maximum Gasteiger partial charge on any atom is 0.417 e. The van der Waals surface area contributed by atoms with Crippen molar-refractivity contribution in [3.8, 4) is 0 Å². The second kappa shape index (κ2) is 6.35. The fraction of sp³-hybridized carbons (Fsp3) is 0.429. The Morgan fingerprint density at radius 1 is 1.23 bits per heavy atom. The first-order valence-corrected chi connectivity index (χ1v) is 6.72. The van der Waals surface area contributed by atoms with Crippen molar-refractivity contribution in [1.29, 1.82) is 0 Å². The lowest BCUT2D eigenvalue weighted by Gasteiger charge is -2.33. The molecule has 1 saturated heterocycles. The third kappa shape index (κ3) is 3.56. The van der Waals surface area contributed by atoms with Gasteiger partial charge in [-0.1, -0.05) is 0 Å². The van der Waals surface area contributed by atoms with Crippen molar-refractivity contribution in [3.05, 3.63) is 29.3 Å². The highest BCUT2D eigenvalue weighted by molar-refractivity contribution is 5.96. The summed E-state index contributed by atoms with van der Waals surface area (Å²) in [6.45, 7) is 2.03. The molecule has 0 saturated carbocycles. The van der Waals surface area contributed by atoms with Gasteiger partial charge in [0, 0.05) is 31.9 Å². The monoisotopic (exact) mass is 315 g/mol. The van der Waals surface area contributed by atoms with Crippen molar-refractivity contribution in [3.63, 3.8) is 0 Å². The van der Waals surface area contributed by atoms with Gasteiger partial charge in [0.25, 0.3) is 5.91 Å². The summed E-state index contributed by atoms with van der Waals surface area (Å²) in [6.07, 6.45) is -4.38. The van der Waals surface area contributed by atoms with Crippen LogP contribution in [0.5, 0.6) is 0 Å². The van der Waals surface area contributed by atoms with Gasteiger partial charge in [0.2, 0.25) is 6.41 Å². The average molecular weight is 315 g/mol. The molecule has 1 aromatic carbocycles. The van der Waals surface area contributed by atoms with E-state index in [-0.39, 0.29) is 12.1 Å². The first-order chi connectivity index (χ1) is 10.3.